The van der Waals surface area contributed by atoms with Crippen molar-refractivity contribution < 1.29 is 0 Å². The van der Waals surface area contributed by atoms with Crippen LogP contribution in [0.1, 0.15) is 30.9 Å². The molecule has 0 spiro atoms. The van der Waals surface area contributed by atoms with Crippen molar-refractivity contribution in [3.8, 4) is 0 Å². The molecule has 0 unspecified atom stereocenters. The minimum Gasteiger partial charge on any atom is -0.399 e. The van der Waals surface area contributed by atoms with Crippen molar-refractivity contribution in [2.45, 2.75) is 26.7 Å². The van der Waals surface area contributed by atoms with Gasteiger partial charge in [0.15, 0.2) is 0 Å². The van der Waals surface area contributed by atoms with Crippen LogP contribution in [0, 0.1) is 6.92 Å². The lowest BCUT2D eigenvalue weighted by molar-refractivity contribution is 0.867. The van der Waals surface area contributed by atoms with Crippen LogP contribution in [0.3, 0.4) is 0 Å². The zero-order chi connectivity index (χ0) is 13.1. The summed E-state index contributed by atoms with van der Waals surface area (Å²) in [5.74, 6) is 0.494. The van der Waals surface area contributed by atoms with E-state index in [0.29, 0.717) is 5.92 Å². The molecule has 0 amide bonds. The highest BCUT2D eigenvalue weighted by Gasteiger charge is 2.09. The Kier molecular flexibility index (Phi) is 3.56. The molecule has 2 heteroatoms. The van der Waals surface area contributed by atoms with Gasteiger partial charge in [-0.25, -0.2) is 0 Å². The average molecular weight is 240 g/mol. The maximum absolute atomic E-state index is 5.81. The molecule has 94 valence electrons. The van der Waals surface area contributed by atoms with E-state index in [1.165, 1.54) is 16.8 Å². The zero-order valence-electron chi connectivity index (χ0n) is 11.2. The molecule has 0 aliphatic carbocycles. The van der Waals surface area contributed by atoms with Crippen LogP contribution in [0.4, 0.5) is 17.1 Å². The predicted octanol–water partition coefficient (Wildman–Crippen LogP) is 4.44. The highest BCUT2D eigenvalue weighted by molar-refractivity contribution is 5.69. The number of anilines is 3. The van der Waals surface area contributed by atoms with E-state index in [4.69, 9.17) is 5.73 Å². The van der Waals surface area contributed by atoms with Gasteiger partial charge in [0.05, 0.1) is 0 Å². The third-order valence-corrected chi connectivity index (χ3v) is 3.08. The Morgan fingerprint density at radius 2 is 1.78 bits per heavy atom. The summed E-state index contributed by atoms with van der Waals surface area (Å²) in [5, 5.41) is 3.48. The number of hydrogen-bond acceptors (Lipinski definition) is 2. The standard InChI is InChI=1S/C16H20N2/c1-11(2)15-9-4-6-12(3)16(15)18-14-8-5-7-13(17)10-14/h4-11,18H,17H2,1-3H3. The van der Waals surface area contributed by atoms with E-state index in [0.717, 1.165) is 11.4 Å². The molecule has 0 bridgehead atoms. The lowest BCUT2D eigenvalue weighted by Crippen LogP contribution is -2.00. The average Bonchev–Trinajstić information content (AvgIpc) is 2.31. The minimum atomic E-state index is 0.494. The summed E-state index contributed by atoms with van der Waals surface area (Å²) >= 11 is 0. The van der Waals surface area contributed by atoms with Crippen LogP contribution in [-0.4, -0.2) is 0 Å². The third kappa shape index (κ3) is 2.65. The van der Waals surface area contributed by atoms with Gasteiger partial charge in [0.25, 0.3) is 0 Å². The van der Waals surface area contributed by atoms with Gasteiger partial charge in [-0.05, 0) is 42.2 Å². The topological polar surface area (TPSA) is 38.0 Å². The second-order valence-corrected chi connectivity index (χ2v) is 4.94. The lowest BCUT2D eigenvalue weighted by Gasteiger charge is -2.17. The molecule has 0 radical (unpaired) electrons. The Morgan fingerprint density at radius 1 is 1.06 bits per heavy atom. The molecular formula is C16H20N2. The largest absolute Gasteiger partial charge is 0.399 e. The summed E-state index contributed by atoms with van der Waals surface area (Å²) in [5.41, 5.74) is 11.4. The molecule has 0 aliphatic rings. The lowest BCUT2D eigenvalue weighted by atomic mass is 9.98. The first kappa shape index (κ1) is 12.5. The molecule has 0 heterocycles. The molecule has 2 rings (SSSR count). The van der Waals surface area contributed by atoms with E-state index >= 15 is 0 Å². The molecule has 0 aliphatic heterocycles. The number of aryl methyl sites for hydroxylation is 1. The van der Waals surface area contributed by atoms with Crippen LogP contribution in [0.25, 0.3) is 0 Å². The summed E-state index contributed by atoms with van der Waals surface area (Å²) < 4.78 is 0. The van der Waals surface area contributed by atoms with E-state index in [2.05, 4.69) is 44.3 Å². The summed E-state index contributed by atoms with van der Waals surface area (Å²) in [7, 11) is 0. The number of benzene rings is 2. The number of hydrogen-bond donors (Lipinski definition) is 2. The summed E-state index contributed by atoms with van der Waals surface area (Å²) in [4.78, 5) is 0. The number of para-hydroxylation sites is 1. The fourth-order valence-corrected chi connectivity index (χ4v) is 2.10. The number of rotatable bonds is 3. The number of nitrogens with two attached hydrogens (primary N) is 1. The van der Waals surface area contributed by atoms with Gasteiger partial charge >= 0.3 is 0 Å². The van der Waals surface area contributed by atoms with Crippen molar-refractivity contribution >= 4 is 17.1 Å². The molecule has 2 aromatic rings. The fourth-order valence-electron chi connectivity index (χ4n) is 2.10. The quantitative estimate of drug-likeness (QED) is 0.778. The van der Waals surface area contributed by atoms with Gasteiger partial charge < -0.3 is 11.1 Å². The smallest absolute Gasteiger partial charge is 0.0449 e. The Bertz CT molecular complexity index is 545. The van der Waals surface area contributed by atoms with E-state index in [-0.39, 0.29) is 0 Å². The minimum absolute atomic E-state index is 0.494. The Morgan fingerprint density at radius 3 is 2.44 bits per heavy atom. The van der Waals surface area contributed by atoms with Crippen LogP contribution in [0.15, 0.2) is 42.5 Å². The van der Waals surface area contributed by atoms with E-state index in [1.54, 1.807) is 0 Å². The monoisotopic (exact) mass is 240 g/mol. The molecule has 18 heavy (non-hydrogen) atoms. The highest BCUT2D eigenvalue weighted by atomic mass is 14.9. The maximum Gasteiger partial charge on any atom is 0.0449 e. The van der Waals surface area contributed by atoms with Crippen molar-refractivity contribution in [3.05, 3.63) is 53.6 Å². The molecule has 2 aromatic carbocycles. The summed E-state index contributed by atoms with van der Waals surface area (Å²) in [6.45, 7) is 6.54. The summed E-state index contributed by atoms with van der Waals surface area (Å²) in [6, 6.07) is 14.3. The van der Waals surface area contributed by atoms with Gasteiger partial charge in [-0.3, -0.25) is 0 Å². The van der Waals surface area contributed by atoms with Crippen LogP contribution in [-0.2, 0) is 0 Å². The molecule has 0 aromatic heterocycles. The van der Waals surface area contributed by atoms with E-state index in [1.807, 2.05) is 24.3 Å². The van der Waals surface area contributed by atoms with Gasteiger partial charge in [0.1, 0.15) is 0 Å². The van der Waals surface area contributed by atoms with Gasteiger partial charge in [0, 0.05) is 17.1 Å². The van der Waals surface area contributed by atoms with Gasteiger partial charge in [-0.15, -0.1) is 0 Å². The van der Waals surface area contributed by atoms with E-state index in [9.17, 15) is 0 Å². The first-order valence-electron chi connectivity index (χ1n) is 6.30. The Balaban J connectivity index is 2.39. The highest BCUT2D eigenvalue weighted by Crippen LogP contribution is 2.30. The predicted molar refractivity (Wildman–Crippen MR) is 79.4 cm³/mol. The second-order valence-electron chi connectivity index (χ2n) is 4.94. The van der Waals surface area contributed by atoms with Gasteiger partial charge in [0.2, 0.25) is 0 Å². The first-order valence-corrected chi connectivity index (χ1v) is 6.30. The van der Waals surface area contributed by atoms with E-state index < -0.39 is 0 Å². The normalized spacial score (nSPS) is 10.7. The first-order chi connectivity index (χ1) is 8.58. The third-order valence-electron chi connectivity index (χ3n) is 3.08. The van der Waals surface area contributed by atoms with Crippen LogP contribution in [0.5, 0.6) is 0 Å². The van der Waals surface area contributed by atoms with Crippen molar-refractivity contribution in [2.24, 2.45) is 0 Å². The second kappa shape index (κ2) is 5.13. The maximum atomic E-state index is 5.81. The Labute approximate surface area is 109 Å². The van der Waals surface area contributed by atoms with Crippen LogP contribution in [0.2, 0.25) is 0 Å². The van der Waals surface area contributed by atoms with Gasteiger partial charge in [-0.1, -0.05) is 38.1 Å². The molecule has 0 saturated carbocycles. The van der Waals surface area contributed by atoms with Crippen molar-refractivity contribution in [2.75, 3.05) is 11.1 Å². The van der Waals surface area contributed by atoms with Crippen molar-refractivity contribution in [1.29, 1.82) is 0 Å². The summed E-state index contributed by atoms with van der Waals surface area (Å²) in [6.07, 6.45) is 0. The van der Waals surface area contributed by atoms with Crippen molar-refractivity contribution in [3.63, 3.8) is 0 Å². The fraction of sp³-hybridized carbons (Fsp3) is 0.250. The zero-order valence-corrected chi connectivity index (χ0v) is 11.2. The molecule has 0 saturated heterocycles. The van der Waals surface area contributed by atoms with Crippen LogP contribution < -0.4 is 11.1 Å². The Hall–Kier alpha value is -1.96. The molecule has 0 fully saturated rings. The molecule has 2 nitrogen and oxygen atoms in total. The SMILES string of the molecule is Cc1cccc(C(C)C)c1Nc1cccc(N)c1. The number of nitrogens with one attached hydrogen (secondary N) is 1. The molecule has 0 atom stereocenters. The van der Waals surface area contributed by atoms with Crippen LogP contribution >= 0.6 is 0 Å². The molecule has 3 N–H and O–H groups in total. The van der Waals surface area contributed by atoms with Gasteiger partial charge in [-0.2, -0.15) is 0 Å². The van der Waals surface area contributed by atoms with Crippen molar-refractivity contribution in [1.82, 2.24) is 0 Å². The number of nitrogen functional groups attached to an aromatic ring is 1. The molecular weight excluding hydrogens is 220 g/mol.